The number of amides is 1. The van der Waals surface area contributed by atoms with Crippen LogP contribution in [0.4, 0.5) is 15.8 Å². The summed E-state index contributed by atoms with van der Waals surface area (Å²) >= 11 is 5.96. The Labute approximate surface area is 163 Å². The highest BCUT2D eigenvalue weighted by Gasteiger charge is 2.22. The van der Waals surface area contributed by atoms with Crippen LogP contribution in [0.2, 0.25) is 5.02 Å². The summed E-state index contributed by atoms with van der Waals surface area (Å²) in [5.41, 5.74) is -0.723. The van der Waals surface area contributed by atoms with E-state index in [2.05, 4.69) is 5.32 Å². The first-order valence-electron chi connectivity index (χ1n) is 8.02. The molecular weight excluding hydrogens is 387 g/mol. The Balaban J connectivity index is 2.00. The van der Waals surface area contributed by atoms with Gasteiger partial charge in [0.15, 0.2) is 5.78 Å². The van der Waals surface area contributed by atoms with Gasteiger partial charge in [0, 0.05) is 16.7 Å². The Hall–Kier alpha value is -3.58. The first-order valence-corrected chi connectivity index (χ1v) is 8.40. The van der Waals surface area contributed by atoms with Crippen LogP contribution >= 0.6 is 11.6 Å². The molecule has 0 aliphatic heterocycles. The van der Waals surface area contributed by atoms with Crippen LogP contribution in [0.25, 0.3) is 0 Å². The van der Waals surface area contributed by atoms with Crippen LogP contribution < -0.4 is 5.32 Å². The number of benzene rings is 3. The number of carbonyl (C=O) groups is 2. The lowest BCUT2D eigenvalue weighted by Crippen LogP contribution is -2.17. The van der Waals surface area contributed by atoms with Crippen molar-refractivity contribution in [1.29, 1.82) is 0 Å². The van der Waals surface area contributed by atoms with Crippen molar-refractivity contribution in [3.05, 3.63) is 104 Å². The molecule has 0 fully saturated rings. The number of nitrogens with zero attached hydrogens (tertiary/aromatic N) is 1. The van der Waals surface area contributed by atoms with E-state index in [9.17, 15) is 24.1 Å². The summed E-state index contributed by atoms with van der Waals surface area (Å²) in [6.07, 6.45) is 0. The third-order valence-corrected chi connectivity index (χ3v) is 4.17. The highest BCUT2D eigenvalue weighted by atomic mass is 35.5. The van der Waals surface area contributed by atoms with Gasteiger partial charge in [-0.15, -0.1) is 0 Å². The second-order valence-corrected chi connectivity index (χ2v) is 6.16. The van der Waals surface area contributed by atoms with Gasteiger partial charge >= 0.3 is 0 Å². The smallest absolute Gasteiger partial charge is 0.282 e. The molecular formula is C20H12ClFN2O4. The van der Waals surface area contributed by atoms with Gasteiger partial charge in [-0.2, -0.15) is 0 Å². The van der Waals surface area contributed by atoms with Crippen LogP contribution in [0.3, 0.4) is 0 Å². The summed E-state index contributed by atoms with van der Waals surface area (Å²) in [5.74, 6) is -2.18. The number of para-hydroxylation sites is 1. The number of hydrogen-bond acceptors (Lipinski definition) is 4. The van der Waals surface area contributed by atoms with E-state index in [-0.39, 0.29) is 33.1 Å². The minimum atomic E-state index is -0.780. The quantitative estimate of drug-likeness (QED) is 0.377. The predicted octanol–water partition coefficient (Wildman–Crippen LogP) is 4.87. The number of nitro benzene ring substituents is 1. The molecule has 1 amide bonds. The topological polar surface area (TPSA) is 89.3 Å². The van der Waals surface area contributed by atoms with Crippen molar-refractivity contribution < 1.29 is 18.9 Å². The van der Waals surface area contributed by atoms with Crippen molar-refractivity contribution in [2.45, 2.75) is 0 Å². The summed E-state index contributed by atoms with van der Waals surface area (Å²) in [4.78, 5) is 35.8. The molecule has 3 aromatic rings. The molecule has 8 heteroatoms. The molecule has 0 atom stereocenters. The molecule has 3 rings (SSSR count). The first-order chi connectivity index (χ1) is 13.4. The zero-order chi connectivity index (χ0) is 20.3. The number of anilines is 1. The Bertz CT molecular complexity index is 1100. The second kappa shape index (κ2) is 7.98. The number of ketones is 1. The lowest BCUT2D eigenvalue weighted by atomic mass is 10.0. The van der Waals surface area contributed by atoms with Gasteiger partial charge in [0.1, 0.15) is 11.4 Å². The van der Waals surface area contributed by atoms with Crippen LogP contribution in [0.1, 0.15) is 26.3 Å². The van der Waals surface area contributed by atoms with E-state index in [0.717, 1.165) is 6.07 Å². The summed E-state index contributed by atoms with van der Waals surface area (Å²) < 4.78 is 14.0. The molecule has 0 aliphatic rings. The van der Waals surface area contributed by atoms with Gasteiger partial charge in [-0.25, -0.2) is 4.39 Å². The summed E-state index contributed by atoms with van der Waals surface area (Å²) in [6, 6.07) is 14.9. The summed E-state index contributed by atoms with van der Waals surface area (Å²) in [5, 5.41) is 13.8. The van der Waals surface area contributed by atoms with Gasteiger partial charge in [0.2, 0.25) is 0 Å². The molecule has 0 saturated carbocycles. The van der Waals surface area contributed by atoms with Gasteiger partial charge in [-0.3, -0.25) is 19.7 Å². The van der Waals surface area contributed by atoms with Crippen molar-refractivity contribution in [3.63, 3.8) is 0 Å². The number of halogens is 2. The molecule has 6 nitrogen and oxygen atoms in total. The Morgan fingerprint density at radius 3 is 2.25 bits per heavy atom. The standard InChI is InChI=1S/C20H12ClFN2O4/c21-12-9-10-17(15(11-12)19(25)13-5-1-3-7-16(13)22)23-20(26)14-6-2-4-8-18(14)24(27)28/h1-11H,(H,23,26). The minimum absolute atomic E-state index is 0.0375. The fourth-order valence-electron chi connectivity index (χ4n) is 2.62. The Morgan fingerprint density at radius 2 is 1.57 bits per heavy atom. The minimum Gasteiger partial charge on any atom is -0.321 e. The highest BCUT2D eigenvalue weighted by molar-refractivity contribution is 6.31. The summed E-state index contributed by atoms with van der Waals surface area (Å²) in [7, 11) is 0. The SMILES string of the molecule is O=C(c1ccccc1F)c1cc(Cl)ccc1NC(=O)c1ccccc1[N+](=O)[O-]. The van der Waals surface area contributed by atoms with Crippen LogP contribution in [0, 0.1) is 15.9 Å². The van der Waals surface area contributed by atoms with Crippen LogP contribution in [-0.4, -0.2) is 16.6 Å². The number of nitro groups is 1. The number of rotatable bonds is 5. The predicted molar refractivity (Wildman–Crippen MR) is 102 cm³/mol. The van der Waals surface area contributed by atoms with Crippen molar-refractivity contribution in [2.75, 3.05) is 5.32 Å². The van der Waals surface area contributed by atoms with Gasteiger partial charge in [0.05, 0.1) is 16.2 Å². The maximum absolute atomic E-state index is 14.0. The molecule has 0 radical (unpaired) electrons. The highest BCUT2D eigenvalue weighted by Crippen LogP contribution is 2.26. The second-order valence-electron chi connectivity index (χ2n) is 5.73. The third kappa shape index (κ3) is 3.89. The third-order valence-electron chi connectivity index (χ3n) is 3.94. The van der Waals surface area contributed by atoms with Crippen molar-refractivity contribution in [1.82, 2.24) is 0 Å². The van der Waals surface area contributed by atoms with Gasteiger partial charge in [-0.05, 0) is 36.4 Å². The average molecular weight is 399 g/mol. The molecule has 140 valence electrons. The number of carbonyl (C=O) groups excluding carboxylic acids is 2. The van der Waals surface area contributed by atoms with E-state index in [4.69, 9.17) is 11.6 Å². The Morgan fingerprint density at radius 1 is 0.929 bits per heavy atom. The molecule has 3 aromatic carbocycles. The maximum Gasteiger partial charge on any atom is 0.282 e. The van der Waals surface area contributed by atoms with E-state index < -0.39 is 22.4 Å². The summed E-state index contributed by atoms with van der Waals surface area (Å²) in [6.45, 7) is 0. The monoisotopic (exact) mass is 398 g/mol. The lowest BCUT2D eigenvalue weighted by molar-refractivity contribution is -0.385. The zero-order valence-corrected chi connectivity index (χ0v) is 14.9. The van der Waals surface area contributed by atoms with Crippen LogP contribution in [0.5, 0.6) is 0 Å². The normalized spacial score (nSPS) is 10.4. The largest absolute Gasteiger partial charge is 0.321 e. The molecule has 0 heterocycles. The first kappa shape index (κ1) is 19.2. The molecule has 0 aromatic heterocycles. The van der Waals surface area contributed by atoms with E-state index in [1.54, 1.807) is 0 Å². The molecule has 1 N–H and O–H groups in total. The van der Waals surface area contributed by atoms with Crippen molar-refractivity contribution in [3.8, 4) is 0 Å². The van der Waals surface area contributed by atoms with E-state index >= 15 is 0 Å². The number of hydrogen-bond donors (Lipinski definition) is 1. The van der Waals surface area contributed by atoms with Crippen LogP contribution in [-0.2, 0) is 0 Å². The zero-order valence-electron chi connectivity index (χ0n) is 14.2. The Kier molecular flexibility index (Phi) is 5.47. The van der Waals surface area contributed by atoms with E-state index in [0.29, 0.717) is 0 Å². The van der Waals surface area contributed by atoms with E-state index in [1.807, 2.05) is 0 Å². The lowest BCUT2D eigenvalue weighted by Gasteiger charge is -2.12. The number of nitrogens with one attached hydrogen (secondary N) is 1. The van der Waals surface area contributed by atoms with Crippen LogP contribution in [0.15, 0.2) is 66.7 Å². The molecule has 0 unspecified atom stereocenters. The molecule has 0 aliphatic carbocycles. The molecule has 0 spiro atoms. The fraction of sp³-hybridized carbons (Fsp3) is 0. The average Bonchev–Trinajstić information content (AvgIpc) is 2.69. The van der Waals surface area contributed by atoms with E-state index in [1.165, 1.54) is 60.7 Å². The van der Waals surface area contributed by atoms with Gasteiger partial charge in [-0.1, -0.05) is 35.9 Å². The molecule has 0 bridgehead atoms. The van der Waals surface area contributed by atoms with Gasteiger partial charge < -0.3 is 5.32 Å². The van der Waals surface area contributed by atoms with Crippen molar-refractivity contribution in [2.24, 2.45) is 0 Å². The molecule has 28 heavy (non-hydrogen) atoms. The fourth-order valence-corrected chi connectivity index (χ4v) is 2.79. The molecule has 0 saturated heterocycles. The van der Waals surface area contributed by atoms with Gasteiger partial charge in [0.25, 0.3) is 11.6 Å². The van der Waals surface area contributed by atoms with Crippen molar-refractivity contribution >= 4 is 34.7 Å². The maximum atomic E-state index is 14.0.